The molecule has 5 nitrogen and oxygen atoms in total. The van der Waals surface area contributed by atoms with E-state index in [1.807, 2.05) is 6.07 Å². The highest BCUT2D eigenvalue weighted by Crippen LogP contribution is 2.38. The number of nitrogens with zero attached hydrogens (tertiary/aromatic N) is 4. The normalized spacial score (nSPS) is 30.6. The average Bonchev–Trinajstić information content (AvgIpc) is 3.39. The van der Waals surface area contributed by atoms with Crippen LogP contribution < -0.4 is 0 Å². The van der Waals surface area contributed by atoms with Crippen LogP contribution in [0, 0.1) is 5.92 Å². The Morgan fingerprint density at radius 2 is 2.12 bits per heavy atom. The molecular formula is C20H24N4OS. The molecule has 0 aromatic carbocycles. The maximum absolute atomic E-state index is 9.31. The molecule has 26 heavy (non-hydrogen) atoms. The summed E-state index contributed by atoms with van der Waals surface area (Å²) < 4.78 is 2.12. The van der Waals surface area contributed by atoms with Gasteiger partial charge in [-0.15, -0.1) is 16.4 Å². The van der Waals surface area contributed by atoms with Crippen molar-refractivity contribution in [2.24, 2.45) is 5.92 Å². The van der Waals surface area contributed by atoms with Crippen molar-refractivity contribution in [3.63, 3.8) is 0 Å². The first-order valence-electron chi connectivity index (χ1n) is 9.51. The lowest BCUT2D eigenvalue weighted by Gasteiger charge is -2.44. The van der Waals surface area contributed by atoms with Gasteiger partial charge in [-0.1, -0.05) is 23.4 Å². The fourth-order valence-corrected chi connectivity index (χ4v) is 5.52. The first kappa shape index (κ1) is 16.4. The zero-order valence-electron chi connectivity index (χ0n) is 14.8. The van der Waals surface area contributed by atoms with Crippen LogP contribution in [0.3, 0.4) is 0 Å². The molecule has 5 heterocycles. The third-order valence-corrected chi connectivity index (χ3v) is 7.29. The van der Waals surface area contributed by atoms with Crippen LogP contribution in [0.15, 0.2) is 36.6 Å². The fraction of sp³-hybridized carbons (Fsp3) is 0.500. The molecule has 6 rings (SSSR count). The van der Waals surface area contributed by atoms with Crippen LogP contribution in [0.4, 0.5) is 0 Å². The summed E-state index contributed by atoms with van der Waals surface area (Å²) in [5, 5.41) is 18.3. The molecule has 3 saturated heterocycles. The molecule has 2 atom stereocenters. The third-order valence-electron chi connectivity index (χ3n) is 6.09. The van der Waals surface area contributed by atoms with E-state index < -0.39 is 0 Å². The van der Waals surface area contributed by atoms with E-state index in [0.717, 1.165) is 29.5 Å². The molecule has 0 radical (unpaired) electrons. The summed E-state index contributed by atoms with van der Waals surface area (Å²) in [5.74, 6) is 1.12. The number of aliphatic hydroxyl groups excluding tert-OH is 1. The van der Waals surface area contributed by atoms with Gasteiger partial charge < -0.3 is 10.0 Å². The van der Waals surface area contributed by atoms with Crippen LogP contribution in [0.25, 0.3) is 5.57 Å². The molecule has 6 heteroatoms. The molecule has 0 spiro atoms. The summed E-state index contributed by atoms with van der Waals surface area (Å²) in [5.41, 5.74) is 2.26. The first-order chi connectivity index (χ1) is 12.8. The van der Waals surface area contributed by atoms with Gasteiger partial charge in [0.15, 0.2) is 0 Å². The predicted octanol–water partition coefficient (Wildman–Crippen LogP) is 3.23. The predicted molar refractivity (Wildman–Crippen MR) is 103 cm³/mol. The van der Waals surface area contributed by atoms with E-state index in [1.54, 1.807) is 11.3 Å². The number of allylic oxidation sites excluding steroid dienone is 4. The second-order valence-electron chi connectivity index (χ2n) is 7.64. The van der Waals surface area contributed by atoms with Gasteiger partial charge in [0.2, 0.25) is 0 Å². The van der Waals surface area contributed by atoms with E-state index in [0.29, 0.717) is 12.0 Å². The molecule has 2 bridgehead atoms. The molecular weight excluding hydrogens is 344 g/mol. The van der Waals surface area contributed by atoms with E-state index in [-0.39, 0.29) is 6.61 Å². The number of aliphatic hydroxyl groups is 1. The number of aromatic nitrogens is 3. The molecule has 0 amide bonds. The standard InChI is InChI=1S/C20H24N4OS/c25-13-17-4-5-20(26-17)16-3-1-2-15(10-16)18-11-24(22-21-18)19-12-23-8-6-14(19)7-9-23/h1-5,11,14,16,19,25H,6-10,12-13H2. The highest BCUT2D eigenvalue weighted by Gasteiger charge is 2.36. The van der Waals surface area contributed by atoms with Gasteiger partial charge in [-0.05, 0) is 56.0 Å². The van der Waals surface area contributed by atoms with Gasteiger partial charge in [-0.25, -0.2) is 4.68 Å². The van der Waals surface area contributed by atoms with Crippen LogP contribution in [-0.2, 0) is 6.61 Å². The second-order valence-corrected chi connectivity index (χ2v) is 8.84. The van der Waals surface area contributed by atoms with Crippen LogP contribution in [0.2, 0.25) is 0 Å². The maximum Gasteiger partial charge on any atom is 0.109 e. The van der Waals surface area contributed by atoms with Gasteiger partial charge in [-0.3, -0.25) is 0 Å². The SMILES string of the molecule is OCc1ccc(C2C=CC=C(c3cn(C4CN5CCC4CC5)nn3)C2)s1. The van der Waals surface area contributed by atoms with Gasteiger partial charge in [0, 0.05) is 22.2 Å². The summed E-state index contributed by atoms with van der Waals surface area (Å²) >= 11 is 1.70. The van der Waals surface area contributed by atoms with Crippen molar-refractivity contribution in [3.8, 4) is 0 Å². The molecule has 1 N–H and O–H groups in total. The zero-order chi connectivity index (χ0) is 17.5. The molecule has 136 valence electrons. The van der Waals surface area contributed by atoms with Gasteiger partial charge in [-0.2, -0.15) is 0 Å². The Bertz CT molecular complexity index is 844. The van der Waals surface area contributed by atoms with Crippen molar-refractivity contribution < 1.29 is 5.11 Å². The minimum absolute atomic E-state index is 0.123. The Labute approximate surface area is 157 Å². The molecule has 4 aliphatic rings. The van der Waals surface area contributed by atoms with Crippen LogP contribution in [0.1, 0.15) is 46.7 Å². The Morgan fingerprint density at radius 1 is 1.23 bits per heavy atom. The van der Waals surface area contributed by atoms with Gasteiger partial charge in [0.25, 0.3) is 0 Å². The number of hydrogen-bond donors (Lipinski definition) is 1. The number of thiophene rings is 1. The lowest BCUT2D eigenvalue weighted by Crippen LogP contribution is -2.48. The summed E-state index contributed by atoms with van der Waals surface area (Å²) in [6.45, 7) is 3.74. The lowest BCUT2D eigenvalue weighted by atomic mass is 9.84. The number of rotatable bonds is 4. The smallest absolute Gasteiger partial charge is 0.109 e. The highest BCUT2D eigenvalue weighted by atomic mass is 32.1. The van der Waals surface area contributed by atoms with Gasteiger partial charge in [0.1, 0.15) is 5.69 Å². The Morgan fingerprint density at radius 3 is 2.85 bits per heavy atom. The van der Waals surface area contributed by atoms with E-state index >= 15 is 0 Å². The number of hydrogen-bond acceptors (Lipinski definition) is 5. The number of fused-ring (bicyclic) bond motifs is 3. The molecule has 2 aromatic rings. The Balaban J connectivity index is 1.33. The minimum atomic E-state index is 0.123. The van der Waals surface area contributed by atoms with Crippen molar-refractivity contribution in [3.05, 3.63) is 52.0 Å². The summed E-state index contributed by atoms with van der Waals surface area (Å²) in [6, 6.07) is 4.65. The third kappa shape index (κ3) is 2.96. The highest BCUT2D eigenvalue weighted by molar-refractivity contribution is 7.12. The zero-order valence-corrected chi connectivity index (χ0v) is 15.6. The topological polar surface area (TPSA) is 54.2 Å². The second kappa shape index (κ2) is 6.76. The van der Waals surface area contributed by atoms with Crippen LogP contribution >= 0.6 is 11.3 Å². The van der Waals surface area contributed by atoms with Crippen molar-refractivity contribution in [1.82, 2.24) is 19.9 Å². The summed E-state index contributed by atoms with van der Waals surface area (Å²) in [4.78, 5) is 4.89. The van der Waals surface area contributed by atoms with E-state index in [4.69, 9.17) is 0 Å². The number of piperidine rings is 3. The van der Waals surface area contributed by atoms with Gasteiger partial charge >= 0.3 is 0 Å². The first-order valence-corrected chi connectivity index (χ1v) is 10.3. The molecule has 2 unspecified atom stereocenters. The molecule has 2 aromatic heterocycles. The molecule has 3 fully saturated rings. The monoisotopic (exact) mass is 368 g/mol. The van der Waals surface area contributed by atoms with Crippen LogP contribution in [0.5, 0.6) is 0 Å². The fourth-order valence-electron chi connectivity index (χ4n) is 4.56. The van der Waals surface area contributed by atoms with Crippen molar-refractivity contribution >= 4 is 16.9 Å². The largest absolute Gasteiger partial charge is 0.391 e. The van der Waals surface area contributed by atoms with E-state index in [1.165, 1.54) is 36.4 Å². The Hall–Kier alpha value is -1.76. The van der Waals surface area contributed by atoms with E-state index in [9.17, 15) is 5.11 Å². The average molecular weight is 369 g/mol. The van der Waals surface area contributed by atoms with Crippen molar-refractivity contribution in [2.75, 3.05) is 19.6 Å². The summed E-state index contributed by atoms with van der Waals surface area (Å²) in [6.07, 6.45) is 12.2. The van der Waals surface area contributed by atoms with Crippen molar-refractivity contribution in [1.29, 1.82) is 0 Å². The molecule has 0 saturated carbocycles. The van der Waals surface area contributed by atoms with Crippen molar-refractivity contribution in [2.45, 2.75) is 37.8 Å². The molecule has 1 aliphatic carbocycles. The lowest BCUT2D eigenvalue weighted by molar-refractivity contribution is 0.0504. The minimum Gasteiger partial charge on any atom is -0.391 e. The maximum atomic E-state index is 9.31. The quantitative estimate of drug-likeness (QED) is 0.900. The summed E-state index contributed by atoms with van der Waals surface area (Å²) in [7, 11) is 0. The van der Waals surface area contributed by atoms with E-state index in [2.05, 4.69) is 50.4 Å². The molecule has 3 aliphatic heterocycles. The van der Waals surface area contributed by atoms with Gasteiger partial charge in [0.05, 0.1) is 18.8 Å². The van der Waals surface area contributed by atoms with Crippen LogP contribution in [-0.4, -0.2) is 44.6 Å². The Kier molecular flexibility index (Phi) is 4.27.